The maximum atomic E-state index is 12.7. The van der Waals surface area contributed by atoms with Crippen molar-refractivity contribution in [2.45, 2.75) is 20.4 Å². The van der Waals surface area contributed by atoms with E-state index < -0.39 is 5.91 Å². The predicted octanol–water partition coefficient (Wildman–Crippen LogP) is 3.17. The molecule has 0 aliphatic rings. The minimum absolute atomic E-state index is 0.0973. The van der Waals surface area contributed by atoms with E-state index in [1.165, 1.54) is 0 Å². The number of furan rings is 1. The zero-order chi connectivity index (χ0) is 19.8. The number of hydrogen-bond donors (Lipinski definition) is 1. The highest BCUT2D eigenvalue weighted by Crippen LogP contribution is 2.32. The number of hydrogen-bond acceptors (Lipinski definition) is 5. The SMILES string of the molecule is COc1cccc2oc(CNC(=O)c3nc4ccccc4[n+]([O-])c3C)c(C)c12. The monoisotopic (exact) mass is 377 g/mol. The van der Waals surface area contributed by atoms with E-state index in [1.54, 1.807) is 38.3 Å². The standard InChI is InChI=1S/C21H19N3O4/c1-12-18(28-17-10-6-9-16(27-3)19(12)17)11-22-21(25)20-13(2)24(26)15-8-5-4-7-14(15)23-20/h4-10H,11H2,1-3H3,(H,22,25). The van der Waals surface area contributed by atoms with Crippen molar-refractivity contribution in [1.29, 1.82) is 0 Å². The van der Waals surface area contributed by atoms with E-state index in [9.17, 15) is 10.0 Å². The highest BCUT2D eigenvalue weighted by Gasteiger charge is 2.22. The van der Waals surface area contributed by atoms with Crippen molar-refractivity contribution in [3.8, 4) is 5.75 Å². The molecule has 28 heavy (non-hydrogen) atoms. The molecule has 2 aromatic heterocycles. The Labute approximate surface area is 161 Å². The summed E-state index contributed by atoms with van der Waals surface area (Å²) < 4.78 is 12.0. The van der Waals surface area contributed by atoms with Gasteiger partial charge in [-0.15, -0.1) is 0 Å². The highest BCUT2D eigenvalue weighted by atomic mass is 16.5. The third-order valence-electron chi connectivity index (χ3n) is 4.84. The summed E-state index contributed by atoms with van der Waals surface area (Å²) in [5.74, 6) is 0.914. The van der Waals surface area contributed by atoms with E-state index in [-0.39, 0.29) is 17.9 Å². The van der Waals surface area contributed by atoms with Crippen molar-refractivity contribution in [3.05, 3.63) is 70.4 Å². The average molecular weight is 377 g/mol. The molecule has 0 bridgehead atoms. The Morgan fingerprint density at radius 1 is 1.21 bits per heavy atom. The van der Waals surface area contributed by atoms with Crippen LogP contribution in [0.25, 0.3) is 22.0 Å². The van der Waals surface area contributed by atoms with Crippen LogP contribution >= 0.6 is 0 Å². The smallest absolute Gasteiger partial charge is 0.276 e. The number of methoxy groups -OCH3 is 1. The maximum Gasteiger partial charge on any atom is 0.276 e. The number of carbonyl (C=O) groups excluding carboxylic acids is 1. The van der Waals surface area contributed by atoms with Gasteiger partial charge >= 0.3 is 0 Å². The van der Waals surface area contributed by atoms with Gasteiger partial charge in [0.2, 0.25) is 11.2 Å². The summed E-state index contributed by atoms with van der Waals surface area (Å²) in [5, 5.41) is 16.1. The molecule has 0 saturated heterocycles. The summed E-state index contributed by atoms with van der Waals surface area (Å²) in [4.78, 5) is 17.0. The highest BCUT2D eigenvalue weighted by molar-refractivity contribution is 5.94. The molecule has 4 rings (SSSR count). The summed E-state index contributed by atoms with van der Waals surface area (Å²) in [7, 11) is 1.61. The normalized spacial score (nSPS) is 11.1. The van der Waals surface area contributed by atoms with Gasteiger partial charge in [-0.05, 0) is 25.1 Å². The molecule has 7 heteroatoms. The van der Waals surface area contributed by atoms with Crippen molar-refractivity contribution in [3.63, 3.8) is 0 Å². The molecule has 0 fully saturated rings. The third kappa shape index (κ3) is 2.81. The number of aromatic nitrogens is 2. The van der Waals surface area contributed by atoms with E-state index >= 15 is 0 Å². The predicted molar refractivity (Wildman–Crippen MR) is 104 cm³/mol. The molecule has 0 radical (unpaired) electrons. The summed E-state index contributed by atoms with van der Waals surface area (Å²) in [6, 6.07) is 12.5. The number of nitrogens with zero attached hydrogens (tertiary/aromatic N) is 2. The number of para-hydroxylation sites is 2. The fraction of sp³-hybridized carbons (Fsp3) is 0.190. The van der Waals surface area contributed by atoms with Crippen molar-refractivity contribution >= 4 is 27.9 Å². The van der Waals surface area contributed by atoms with E-state index in [1.807, 2.05) is 25.1 Å². The fourth-order valence-corrected chi connectivity index (χ4v) is 3.32. The lowest BCUT2D eigenvalue weighted by Gasteiger charge is -2.09. The topological polar surface area (TPSA) is 91.3 Å². The number of amides is 1. The number of fused-ring (bicyclic) bond motifs is 2. The summed E-state index contributed by atoms with van der Waals surface area (Å²) in [6.07, 6.45) is 0. The molecule has 142 valence electrons. The molecule has 1 amide bonds. The van der Waals surface area contributed by atoms with Gasteiger partial charge in [0.1, 0.15) is 22.6 Å². The number of ether oxygens (including phenoxy) is 1. The maximum absolute atomic E-state index is 12.7. The minimum atomic E-state index is -0.431. The van der Waals surface area contributed by atoms with Crippen LogP contribution in [0.15, 0.2) is 46.9 Å². The van der Waals surface area contributed by atoms with Crippen molar-refractivity contribution in [2.24, 2.45) is 0 Å². The number of benzene rings is 2. The van der Waals surface area contributed by atoms with Gasteiger partial charge in [0.05, 0.1) is 19.0 Å². The molecule has 0 spiro atoms. The van der Waals surface area contributed by atoms with E-state index in [0.29, 0.717) is 22.4 Å². The van der Waals surface area contributed by atoms with Gasteiger partial charge < -0.3 is 19.7 Å². The zero-order valence-electron chi connectivity index (χ0n) is 15.8. The first-order valence-corrected chi connectivity index (χ1v) is 8.83. The number of rotatable bonds is 4. The van der Waals surface area contributed by atoms with E-state index in [0.717, 1.165) is 21.4 Å². The van der Waals surface area contributed by atoms with Crippen LogP contribution < -0.4 is 14.8 Å². The van der Waals surface area contributed by atoms with Gasteiger partial charge in [-0.25, -0.2) is 4.98 Å². The second-order valence-electron chi connectivity index (χ2n) is 6.50. The Hall–Kier alpha value is -3.61. The molecule has 2 heterocycles. The fourth-order valence-electron chi connectivity index (χ4n) is 3.32. The number of carbonyl (C=O) groups is 1. The lowest BCUT2D eigenvalue weighted by atomic mass is 10.1. The molecule has 2 aromatic carbocycles. The van der Waals surface area contributed by atoms with Crippen LogP contribution in [0.2, 0.25) is 0 Å². The average Bonchev–Trinajstić information content (AvgIpc) is 3.04. The molecule has 0 aliphatic carbocycles. The van der Waals surface area contributed by atoms with Crippen molar-refractivity contribution < 1.29 is 18.7 Å². The lowest BCUT2D eigenvalue weighted by molar-refractivity contribution is -0.584. The van der Waals surface area contributed by atoms with Crippen LogP contribution in [0.4, 0.5) is 0 Å². The van der Waals surface area contributed by atoms with E-state index in [2.05, 4.69) is 10.3 Å². The third-order valence-corrected chi connectivity index (χ3v) is 4.84. The first-order chi connectivity index (χ1) is 13.5. The lowest BCUT2D eigenvalue weighted by Crippen LogP contribution is -2.36. The Balaban J connectivity index is 1.64. The molecular formula is C21H19N3O4. The first kappa shape index (κ1) is 17.8. The minimum Gasteiger partial charge on any atom is -0.618 e. The number of aryl methyl sites for hydroxylation is 1. The van der Waals surface area contributed by atoms with Gasteiger partial charge in [-0.3, -0.25) is 4.79 Å². The van der Waals surface area contributed by atoms with Gasteiger partial charge in [0.15, 0.2) is 5.69 Å². The van der Waals surface area contributed by atoms with E-state index in [4.69, 9.17) is 9.15 Å². The zero-order valence-corrected chi connectivity index (χ0v) is 15.8. The Kier molecular flexibility index (Phi) is 4.35. The van der Waals surface area contributed by atoms with Crippen LogP contribution in [-0.4, -0.2) is 18.0 Å². The largest absolute Gasteiger partial charge is 0.618 e. The molecule has 0 saturated carbocycles. The van der Waals surface area contributed by atoms with Crippen LogP contribution in [-0.2, 0) is 6.54 Å². The molecule has 4 aromatic rings. The quantitative estimate of drug-likeness (QED) is 0.436. The van der Waals surface area contributed by atoms with Crippen molar-refractivity contribution in [1.82, 2.24) is 10.3 Å². The molecule has 0 atom stereocenters. The van der Waals surface area contributed by atoms with Crippen LogP contribution in [0.3, 0.4) is 0 Å². The van der Waals surface area contributed by atoms with Crippen molar-refractivity contribution in [2.75, 3.05) is 7.11 Å². The molecule has 7 nitrogen and oxygen atoms in total. The Bertz CT molecular complexity index is 1210. The first-order valence-electron chi connectivity index (χ1n) is 8.83. The molecule has 1 N–H and O–H groups in total. The van der Waals surface area contributed by atoms with Crippen LogP contribution in [0, 0.1) is 19.1 Å². The Morgan fingerprint density at radius 2 is 2.00 bits per heavy atom. The van der Waals surface area contributed by atoms with Gasteiger partial charge in [0, 0.05) is 18.6 Å². The summed E-state index contributed by atoms with van der Waals surface area (Å²) in [5.41, 5.74) is 2.84. The Morgan fingerprint density at radius 3 is 2.79 bits per heavy atom. The summed E-state index contributed by atoms with van der Waals surface area (Å²) >= 11 is 0. The van der Waals surface area contributed by atoms with Gasteiger partial charge in [0.25, 0.3) is 5.91 Å². The van der Waals surface area contributed by atoms with Gasteiger partial charge in [-0.2, -0.15) is 4.73 Å². The van der Waals surface area contributed by atoms with Crippen LogP contribution in [0.5, 0.6) is 5.75 Å². The van der Waals surface area contributed by atoms with Gasteiger partial charge in [-0.1, -0.05) is 18.2 Å². The van der Waals surface area contributed by atoms with Crippen LogP contribution in [0.1, 0.15) is 27.5 Å². The second-order valence-corrected chi connectivity index (χ2v) is 6.50. The molecular weight excluding hydrogens is 358 g/mol. The molecule has 0 aliphatic heterocycles. The summed E-state index contributed by atoms with van der Waals surface area (Å²) in [6.45, 7) is 3.68. The number of nitrogens with one attached hydrogen (secondary N) is 1. The second kappa shape index (κ2) is 6.84. The molecule has 0 unspecified atom stereocenters.